The molecule has 2 aliphatic carbocycles. The van der Waals surface area contributed by atoms with Crippen LogP contribution in [0, 0.1) is 23.3 Å². The number of esters is 1. The molecule has 0 bridgehead atoms. The first-order valence-electron chi connectivity index (χ1n) is 20.0. The zero-order chi connectivity index (χ0) is 42.2. The van der Waals surface area contributed by atoms with Gasteiger partial charge in [0.15, 0.2) is 0 Å². The molecule has 0 amide bonds. The van der Waals surface area contributed by atoms with Gasteiger partial charge in [-0.15, -0.1) is 0 Å². The van der Waals surface area contributed by atoms with E-state index in [4.69, 9.17) is 14.2 Å². The van der Waals surface area contributed by atoms with Crippen LogP contribution in [-0.4, -0.2) is 35.9 Å². The summed E-state index contributed by atoms with van der Waals surface area (Å²) in [5.74, 6) is -4.02. The number of carbonyl (C=O) groups is 2. The fourth-order valence-electron chi connectivity index (χ4n) is 8.12. The van der Waals surface area contributed by atoms with E-state index in [0.717, 1.165) is 49.1 Å². The third kappa shape index (κ3) is 10.8. The molecule has 0 aliphatic heterocycles. The number of hydrogen-bond donors (Lipinski definition) is 1. The molecule has 0 saturated carbocycles. The summed E-state index contributed by atoms with van der Waals surface area (Å²) >= 11 is 0. The number of rotatable bonds is 13. The second-order valence-electron chi connectivity index (χ2n) is 15.1. The van der Waals surface area contributed by atoms with Crippen molar-refractivity contribution < 1.29 is 46.5 Å². The summed E-state index contributed by atoms with van der Waals surface area (Å²) < 4.78 is 72.2. The first kappa shape index (κ1) is 41.7. The number of benzene rings is 6. The molecule has 6 nitrogen and oxygen atoms in total. The van der Waals surface area contributed by atoms with Crippen LogP contribution in [0.3, 0.4) is 0 Å². The normalized spacial score (nSPS) is 14.3. The summed E-state index contributed by atoms with van der Waals surface area (Å²) in [7, 11) is 0. The highest BCUT2D eigenvalue weighted by molar-refractivity contribution is 5.71. The molecule has 0 heterocycles. The molecule has 2 atom stereocenters. The second-order valence-corrected chi connectivity index (χ2v) is 15.1. The van der Waals surface area contributed by atoms with Crippen molar-refractivity contribution in [1.29, 1.82) is 0 Å². The van der Waals surface area contributed by atoms with E-state index in [-0.39, 0.29) is 31.7 Å². The zero-order valence-electron chi connectivity index (χ0n) is 33.0. The Labute approximate surface area is 346 Å². The summed E-state index contributed by atoms with van der Waals surface area (Å²) in [6.45, 7) is 1.97. The van der Waals surface area contributed by atoms with Crippen LogP contribution in [0.1, 0.15) is 76.1 Å². The van der Waals surface area contributed by atoms with Crippen LogP contribution in [0.4, 0.5) is 17.6 Å². The van der Waals surface area contributed by atoms with Gasteiger partial charge >= 0.3 is 11.9 Å². The number of ether oxygens (including phenoxy) is 3. The van der Waals surface area contributed by atoms with Crippen molar-refractivity contribution in [2.24, 2.45) is 0 Å². The van der Waals surface area contributed by atoms with E-state index < -0.39 is 47.0 Å². The van der Waals surface area contributed by atoms with Gasteiger partial charge in [0.1, 0.15) is 47.0 Å². The van der Waals surface area contributed by atoms with E-state index >= 15 is 0 Å². The third-order valence-corrected chi connectivity index (χ3v) is 10.8. The van der Waals surface area contributed by atoms with Crippen LogP contribution < -0.4 is 9.47 Å². The van der Waals surface area contributed by atoms with Gasteiger partial charge in [-0.3, -0.25) is 9.59 Å². The fraction of sp³-hybridized carbons (Fsp3) is 0.240. The van der Waals surface area contributed by atoms with Crippen molar-refractivity contribution >= 4 is 11.9 Å². The number of carboxylic acids is 1. The Balaban J connectivity index is 0.000000182. The van der Waals surface area contributed by atoms with Crippen molar-refractivity contribution in [2.75, 3.05) is 6.61 Å². The Hall–Kier alpha value is -6.42. The van der Waals surface area contributed by atoms with Gasteiger partial charge in [0.25, 0.3) is 0 Å². The number of halogens is 4. The second kappa shape index (κ2) is 19.1. The smallest absolute Gasteiger partial charge is 0.306 e. The van der Waals surface area contributed by atoms with E-state index in [1.54, 1.807) is 31.2 Å². The topological polar surface area (TPSA) is 82.1 Å². The van der Waals surface area contributed by atoms with Crippen molar-refractivity contribution in [3.05, 3.63) is 201 Å². The predicted molar refractivity (Wildman–Crippen MR) is 219 cm³/mol. The van der Waals surface area contributed by atoms with Gasteiger partial charge in [-0.05, 0) is 100.0 Å². The molecule has 60 heavy (non-hydrogen) atoms. The van der Waals surface area contributed by atoms with Gasteiger partial charge in [0.2, 0.25) is 0 Å². The Morgan fingerprint density at radius 1 is 0.533 bits per heavy atom. The minimum Gasteiger partial charge on any atom is -0.490 e. The Bertz CT molecular complexity index is 2340. The van der Waals surface area contributed by atoms with E-state index in [0.29, 0.717) is 22.4 Å². The fourth-order valence-corrected chi connectivity index (χ4v) is 8.12. The maximum absolute atomic E-state index is 13.8. The summed E-state index contributed by atoms with van der Waals surface area (Å²) in [5, 5.41) is 9.26. The molecule has 0 radical (unpaired) electrons. The third-order valence-electron chi connectivity index (χ3n) is 10.8. The van der Waals surface area contributed by atoms with Crippen LogP contribution in [0.15, 0.2) is 133 Å². The molecular formula is C50H44F4O6. The molecule has 2 aliphatic rings. The minimum atomic E-state index is -1.04. The maximum Gasteiger partial charge on any atom is 0.306 e. The summed E-state index contributed by atoms with van der Waals surface area (Å²) in [6, 6.07) is 37.5. The average Bonchev–Trinajstić information content (AvgIpc) is 3.82. The molecule has 1 N–H and O–H groups in total. The molecule has 0 aromatic heterocycles. The molecule has 0 saturated heterocycles. The van der Waals surface area contributed by atoms with Gasteiger partial charge in [0.05, 0.1) is 19.4 Å². The summed E-state index contributed by atoms with van der Waals surface area (Å²) in [6.07, 6.45) is 3.30. The Morgan fingerprint density at radius 2 is 0.883 bits per heavy atom. The molecular weight excluding hydrogens is 773 g/mol. The van der Waals surface area contributed by atoms with Gasteiger partial charge < -0.3 is 19.3 Å². The van der Waals surface area contributed by atoms with Crippen LogP contribution >= 0.6 is 0 Å². The van der Waals surface area contributed by atoms with Gasteiger partial charge in [-0.25, -0.2) is 17.6 Å². The highest BCUT2D eigenvalue weighted by atomic mass is 19.1. The van der Waals surface area contributed by atoms with Crippen LogP contribution in [-0.2, 0) is 40.0 Å². The number of fused-ring (bicyclic) bond motifs is 2. The lowest BCUT2D eigenvalue weighted by Crippen LogP contribution is -2.16. The highest BCUT2D eigenvalue weighted by Gasteiger charge is 2.26. The van der Waals surface area contributed by atoms with E-state index in [9.17, 15) is 32.3 Å². The van der Waals surface area contributed by atoms with E-state index in [1.807, 2.05) is 48.5 Å². The van der Waals surface area contributed by atoms with Crippen molar-refractivity contribution in [2.45, 2.75) is 69.5 Å². The molecule has 0 fully saturated rings. The molecule has 308 valence electrons. The van der Waals surface area contributed by atoms with Crippen molar-refractivity contribution in [1.82, 2.24) is 0 Å². The van der Waals surface area contributed by atoms with E-state index in [1.165, 1.54) is 46.5 Å². The SMILES string of the molecule is CCOC(=O)CC(c1ccc(OC2Cc3ccccc3C2)cc1)c1cc(F)cc(F)c1.O=C(O)CC(c1ccc(OC2Cc3ccccc3C2)cc1)c1cc(F)cc(F)c1. The first-order valence-corrected chi connectivity index (χ1v) is 20.0. The van der Waals surface area contributed by atoms with Crippen LogP contribution in [0.2, 0.25) is 0 Å². The molecule has 10 heteroatoms. The minimum absolute atomic E-state index is 0.00509. The van der Waals surface area contributed by atoms with Gasteiger partial charge in [0, 0.05) is 49.7 Å². The van der Waals surface area contributed by atoms with Crippen LogP contribution in [0.5, 0.6) is 11.5 Å². The largest absolute Gasteiger partial charge is 0.490 e. The average molecular weight is 817 g/mol. The van der Waals surface area contributed by atoms with Crippen molar-refractivity contribution in [3.8, 4) is 11.5 Å². The standard InChI is InChI=1S/C26H24F2O3.C24H20F2O3/c1-2-30-26(29)16-25(20-11-21(27)15-22(28)12-20)17-7-9-23(10-8-17)31-24-13-18-5-3-4-6-19(18)14-24;25-19-9-18(10-20(26)13-19)23(14-24(27)28)15-5-7-21(8-6-15)29-22-11-16-3-1-2-4-17(16)12-22/h3-12,15,24-25H,2,13-14,16H2,1H3;1-10,13,22-23H,11-12,14H2,(H,27,28). The quantitative estimate of drug-likeness (QED) is 0.0924. The Morgan fingerprint density at radius 3 is 1.22 bits per heavy atom. The lowest BCUT2D eigenvalue weighted by Gasteiger charge is -2.19. The Kier molecular flexibility index (Phi) is 13.3. The monoisotopic (exact) mass is 816 g/mol. The van der Waals surface area contributed by atoms with Gasteiger partial charge in [-0.1, -0.05) is 72.8 Å². The molecule has 6 aromatic carbocycles. The number of carbonyl (C=O) groups excluding carboxylic acids is 1. The lowest BCUT2D eigenvalue weighted by atomic mass is 9.88. The highest BCUT2D eigenvalue weighted by Crippen LogP contribution is 2.34. The lowest BCUT2D eigenvalue weighted by molar-refractivity contribution is -0.143. The zero-order valence-corrected chi connectivity index (χ0v) is 33.0. The molecule has 0 spiro atoms. The molecule has 2 unspecified atom stereocenters. The van der Waals surface area contributed by atoms with Gasteiger partial charge in [-0.2, -0.15) is 0 Å². The number of carboxylic acid groups (broad SMARTS) is 1. The van der Waals surface area contributed by atoms with Crippen molar-refractivity contribution in [3.63, 3.8) is 0 Å². The van der Waals surface area contributed by atoms with E-state index in [2.05, 4.69) is 24.3 Å². The number of aliphatic carboxylic acids is 1. The summed E-state index contributed by atoms with van der Waals surface area (Å²) in [5.41, 5.74) is 7.33. The molecule has 8 rings (SSSR count). The predicted octanol–water partition coefficient (Wildman–Crippen LogP) is 10.7. The first-order chi connectivity index (χ1) is 29.0. The number of hydrogen-bond acceptors (Lipinski definition) is 5. The maximum atomic E-state index is 13.8. The van der Waals surface area contributed by atoms with Crippen LogP contribution in [0.25, 0.3) is 0 Å². The molecule has 6 aromatic rings. The summed E-state index contributed by atoms with van der Waals surface area (Å²) in [4.78, 5) is 23.5.